The van der Waals surface area contributed by atoms with E-state index in [4.69, 9.17) is 4.74 Å². The van der Waals surface area contributed by atoms with Crippen molar-refractivity contribution in [3.8, 4) is 5.75 Å². The van der Waals surface area contributed by atoms with E-state index in [0.29, 0.717) is 12.0 Å². The quantitative estimate of drug-likeness (QED) is 0.543. The third kappa shape index (κ3) is 8.19. The number of aromatic hydroxyl groups is 1. The fourth-order valence-corrected chi connectivity index (χ4v) is 1.99. The fourth-order valence-electron chi connectivity index (χ4n) is 1.99. The molecule has 1 aromatic rings. The van der Waals surface area contributed by atoms with Crippen LogP contribution in [0.1, 0.15) is 46.6 Å². The van der Waals surface area contributed by atoms with Crippen LogP contribution in [0, 0.1) is 5.92 Å². The van der Waals surface area contributed by atoms with Crippen molar-refractivity contribution in [1.82, 2.24) is 10.7 Å². The van der Waals surface area contributed by atoms with Crippen molar-refractivity contribution < 1.29 is 19.4 Å². The number of benzene rings is 1. The minimum Gasteiger partial charge on any atom is -0.507 e. The highest BCUT2D eigenvalue weighted by atomic mass is 16.6. The lowest BCUT2D eigenvalue weighted by Gasteiger charge is -2.23. The molecule has 7 nitrogen and oxygen atoms in total. The Bertz CT molecular complexity index is 621. The van der Waals surface area contributed by atoms with Gasteiger partial charge in [-0.2, -0.15) is 5.10 Å². The molecule has 0 aliphatic rings. The number of rotatable bonds is 6. The van der Waals surface area contributed by atoms with Crippen molar-refractivity contribution in [3.05, 3.63) is 29.8 Å². The number of amides is 2. The molecule has 138 valence electrons. The number of phenolic OH excluding ortho intramolecular Hbond substituents is 1. The average molecular weight is 349 g/mol. The van der Waals surface area contributed by atoms with Crippen LogP contribution in [0.5, 0.6) is 5.75 Å². The topological polar surface area (TPSA) is 100 Å². The Hall–Kier alpha value is -2.57. The molecule has 7 heteroatoms. The SMILES string of the molecule is CC(C)C[C@H](NC(=O)OC(C)(C)C)C(=O)N/N=C/c1ccccc1O. The molecular formula is C18H27N3O4. The zero-order chi connectivity index (χ0) is 19.0. The maximum atomic E-state index is 12.3. The summed E-state index contributed by atoms with van der Waals surface area (Å²) in [7, 11) is 0. The largest absolute Gasteiger partial charge is 0.507 e. The van der Waals surface area contributed by atoms with Crippen LogP contribution in [-0.4, -0.2) is 35.0 Å². The van der Waals surface area contributed by atoms with E-state index in [1.807, 2.05) is 13.8 Å². The number of para-hydroxylation sites is 1. The van der Waals surface area contributed by atoms with Gasteiger partial charge in [-0.1, -0.05) is 26.0 Å². The van der Waals surface area contributed by atoms with Gasteiger partial charge in [0, 0.05) is 5.56 Å². The van der Waals surface area contributed by atoms with Gasteiger partial charge < -0.3 is 15.2 Å². The van der Waals surface area contributed by atoms with Gasteiger partial charge in [0.1, 0.15) is 17.4 Å². The van der Waals surface area contributed by atoms with Gasteiger partial charge in [-0.3, -0.25) is 4.79 Å². The summed E-state index contributed by atoms with van der Waals surface area (Å²) in [5.74, 6) is -0.204. The standard InChI is InChI=1S/C18H27N3O4/c1-12(2)10-14(20-17(24)25-18(3,4)5)16(23)21-19-11-13-8-6-7-9-15(13)22/h6-9,11-12,14,22H,10H2,1-5H3,(H,20,24)(H,21,23)/b19-11+/t14-/m0/s1. The fraction of sp³-hybridized carbons (Fsp3) is 0.500. The van der Waals surface area contributed by atoms with Crippen molar-refractivity contribution in [1.29, 1.82) is 0 Å². The average Bonchev–Trinajstić information content (AvgIpc) is 2.46. The first-order valence-corrected chi connectivity index (χ1v) is 8.19. The van der Waals surface area contributed by atoms with Gasteiger partial charge >= 0.3 is 6.09 Å². The number of ether oxygens (including phenoxy) is 1. The monoisotopic (exact) mass is 349 g/mol. The molecule has 0 aromatic heterocycles. The van der Waals surface area contributed by atoms with Crippen LogP contribution in [-0.2, 0) is 9.53 Å². The summed E-state index contributed by atoms with van der Waals surface area (Å²) >= 11 is 0. The number of nitrogens with one attached hydrogen (secondary N) is 2. The van der Waals surface area contributed by atoms with E-state index < -0.39 is 23.6 Å². The maximum Gasteiger partial charge on any atom is 0.408 e. The van der Waals surface area contributed by atoms with E-state index in [2.05, 4.69) is 15.8 Å². The molecule has 0 saturated heterocycles. The van der Waals surface area contributed by atoms with Gasteiger partial charge in [-0.15, -0.1) is 0 Å². The number of alkyl carbamates (subject to hydrolysis) is 1. The van der Waals surface area contributed by atoms with Gasteiger partial charge in [0.25, 0.3) is 5.91 Å². The highest BCUT2D eigenvalue weighted by Gasteiger charge is 2.24. The molecule has 2 amide bonds. The van der Waals surface area contributed by atoms with Crippen LogP contribution in [0.2, 0.25) is 0 Å². The molecule has 1 rings (SSSR count). The Labute approximate surface area is 148 Å². The van der Waals surface area contributed by atoms with E-state index in [0.717, 1.165) is 0 Å². The summed E-state index contributed by atoms with van der Waals surface area (Å²) in [6.07, 6.45) is 1.13. The van der Waals surface area contributed by atoms with Crippen molar-refractivity contribution >= 4 is 18.2 Å². The first-order valence-electron chi connectivity index (χ1n) is 8.19. The summed E-state index contributed by atoms with van der Waals surface area (Å²) in [6.45, 7) is 9.15. The first-order chi connectivity index (χ1) is 11.6. The molecule has 0 spiro atoms. The molecule has 0 unspecified atom stereocenters. The van der Waals surface area contributed by atoms with Crippen LogP contribution in [0.4, 0.5) is 4.79 Å². The lowest BCUT2D eigenvalue weighted by atomic mass is 10.0. The molecule has 0 aliphatic carbocycles. The summed E-state index contributed by atoms with van der Waals surface area (Å²) in [6, 6.07) is 5.85. The molecule has 0 heterocycles. The van der Waals surface area contributed by atoms with Gasteiger partial charge in [-0.25, -0.2) is 10.2 Å². The van der Waals surface area contributed by atoms with Crippen LogP contribution in [0.15, 0.2) is 29.4 Å². The van der Waals surface area contributed by atoms with Crippen molar-refractivity contribution in [2.75, 3.05) is 0 Å². The second-order valence-electron chi connectivity index (χ2n) is 7.12. The van der Waals surface area contributed by atoms with Crippen LogP contribution in [0.25, 0.3) is 0 Å². The highest BCUT2D eigenvalue weighted by Crippen LogP contribution is 2.13. The summed E-state index contributed by atoms with van der Waals surface area (Å²) in [5, 5.41) is 16.1. The minimum atomic E-state index is -0.767. The van der Waals surface area contributed by atoms with Crippen LogP contribution < -0.4 is 10.7 Å². The van der Waals surface area contributed by atoms with Gasteiger partial charge in [-0.05, 0) is 45.2 Å². The Balaban J connectivity index is 2.70. The van der Waals surface area contributed by atoms with Crippen molar-refractivity contribution in [3.63, 3.8) is 0 Å². The van der Waals surface area contributed by atoms with Crippen molar-refractivity contribution in [2.45, 2.75) is 52.7 Å². The van der Waals surface area contributed by atoms with Crippen LogP contribution >= 0.6 is 0 Å². The number of nitrogens with zero attached hydrogens (tertiary/aromatic N) is 1. The van der Waals surface area contributed by atoms with E-state index in [1.165, 1.54) is 12.3 Å². The predicted octanol–water partition coefficient (Wildman–Crippen LogP) is 2.78. The van der Waals surface area contributed by atoms with E-state index >= 15 is 0 Å². The molecule has 0 radical (unpaired) electrons. The zero-order valence-electron chi connectivity index (χ0n) is 15.4. The van der Waals surface area contributed by atoms with E-state index in [9.17, 15) is 14.7 Å². The highest BCUT2D eigenvalue weighted by molar-refractivity contribution is 5.88. The minimum absolute atomic E-state index is 0.0612. The maximum absolute atomic E-state index is 12.3. The molecular weight excluding hydrogens is 322 g/mol. The Kier molecular flexibility index (Phi) is 7.42. The molecule has 0 saturated carbocycles. The van der Waals surface area contributed by atoms with Gasteiger partial charge in [0.15, 0.2) is 0 Å². The molecule has 1 aromatic carbocycles. The second-order valence-corrected chi connectivity index (χ2v) is 7.12. The van der Waals surface area contributed by atoms with Gasteiger partial charge in [0.05, 0.1) is 6.21 Å². The summed E-state index contributed by atoms with van der Waals surface area (Å²) in [4.78, 5) is 24.2. The smallest absolute Gasteiger partial charge is 0.408 e. The molecule has 25 heavy (non-hydrogen) atoms. The van der Waals surface area contributed by atoms with Crippen molar-refractivity contribution in [2.24, 2.45) is 11.0 Å². The first kappa shape index (κ1) is 20.5. The molecule has 3 N–H and O–H groups in total. The normalized spacial score (nSPS) is 12.9. The number of hydrazone groups is 1. The second kappa shape index (κ2) is 9.05. The van der Waals surface area contributed by atoms with Crippen LogP contribution in [0.3, 0.4) is 0 Å². The molecule has 0 bridgehead atoms. The molecule has 0 aliphatic heterocycles. The third-order valence-electron chi connectivity index (χ3n) is 3.03. The lowest BCUT2D eigenvalue weighted by Crippen LogP contribution is -2.47. The Morgan fingerprint density at radius 2 is 1.92 bits per heavy atom. The number of carbonyl (C=O) groups is 2. The number of phenols is 1. The predicted molar refractivity (Wildman–Crippen MR) is 96.5 cm³/mol. The zero-order valence-corrected chi connectivity index (χ0v) is 15.4. The van der Waals surface area contributed by atoms with Gasteiger partial charge in [0.2, 0.25) is 0 Å². The number of hydrogen-bond donors (Lipinski definition) is 3. The Morgan fingerprint density at radius 3 is 2.48 bits per heavy atom. The lowest BCUT2D eigenvalue weighted by molar-refractivity contribution is -0.123. The molecule has 0 fully saturated rings. The number of carbonyl (C=O) groups excluding carboxylic acids is 2. The summed E-state index contributed by atoms with van der Waals surface area (Å²) < 4.78 is 5.19. The molecule has 1 atom stereocenters. The van der Waals surface area contributed by atoms with E-state index in [-0.39, 0.29) is 11.7 Å². The van der Waals surface area contributed by atoms with E-state index in [1.54, 1.807) is 39.0 Å². The summed E-state index contributed by atoms with van der Waals surface area (Å²) in [5.41, 5.74) is 2.21. The number of hydrogen-bond acceptors (Lipinski definition) is 5. The third-order valence-corrected chi connectivity index (χ3v) is 3.03. The Morgan fingerprint density at radius 1 is 1.28 bits per heavy atom.